The van der Waals surface area contributed by atoms with Gasteiger partial charge in [-0.25, -0.2) is 4.39 Å². The number of hydrogen-bond donors (Lipinski definition) is 2. The van der Waals surface area contributed by atoms with Gasteiger partial charge in [0.25, 0.3) is 5.91 Å². The van der Waals surface area contributed by atoms with Crippen molar-refractivity contribution >= 4 is 50.5 Å². The van der Waals surface area contributed by atoms with Crippen molar-refractivity contribution < 1.29 is 40.8 Å². The lowest BCUT2D eigenvalue weighted by molar-refractivity contribution is -0.274. The first-order valence-corrected chi connectivity index (χ1v) is 12.4. The molecule has 0 radical (unpaired) electrons. The molecule has 1 saturated heterocycles. The standard InChI is InChI=1S/C20H18Cl2F4N2O5S/c1-19(8-28(9-19)11-3-4-16(14(22)5-11)33-20(24,25)26)32-17-7-15(23)13(21)6-12(17)18(30)27-34(2,31)10-29/h3-7,10,34H,8-9H2,1-2H3,(H,27,30,31). The molecule has 1 aliphatic heterocycles. The van der Waals surface area contributed by atoms with E-state index >= 15 is 0 Å². The molecule has 2 aromatic rings. The predicted molar refractivity (Wildman–Crippen MR) is 120 cm³/mol. The molecule has 186 valence electrons. The fourth-order valence-electron chi connectivity index (χ4n) is 3.25. The molecule has 7 nitrogen and oxygen atoms in total. The maximum atomic E-state index is 14.1. The lowest BCUT2D eigenvalue weighted by Gasteiger charge is -2.49. The second-order valence-corrected chi connectivity index (χ2v) is 11.1. The summed E-state index contributed by atoms with van der Waals surface area (Å²) in [4.78, 5) is 25.1. The van der Waals surface area contributed by atoms with Gasteiger partial charge in [0.2, 0.25) is 0 Å². The Morgan fingerprint density at radius 1 is 1.18 bits per heavy atom. The number of benzene rings is 2. The van der Waals surface area contributed by atoms with Gasteiger partial charge < -0.3 is 14.4 Å². The van der Waals surface area contributed by atoms with Gasteiger partial charge in [-0.3, -0.25) is 18.5 Å². The Kier molecular flexibility index (Phi) is 7.07. The molecule has 1 aliphatic rings. The summed E-state index contributed by atoms with van der Waals surface area (Å²) in [6.45, 7) is 2.07. The van der Waals surface area contributed by atoms with Crippen LogP contribution in [0.3, 0.4) is 0 Å². The Labute approximate surface area is 202 Å². The molecule has 0 unspecified atom stereocenters. The van der Waals surface area contributed by atoms with Gasteiger partial charge >= 0.3 is 6.36 Å². The van der Waals surface area contributed by atoms with E-state index in [4.69, 9.17) is 27.9 Å². The summed E-state index contributed by atoms with van der Waals surface area (Å²) in [6.07, 6.45) is -3.84. The number of rotatable bonds is 7. The van der Waals surface area contributed by atoms with Crippen LogP contribution in [0.25, 0.3) is 0 Å². The van der Waals surface area contributed by atoms with E-state index in [2.05, 4.69) is 9.46 Å². The van der Waals surface area contributed by atoms with Crippen LogP contribution in [-0.2, 0) is 14.9 Å². The van der Waals surface area contributed by atoms with Crippen molar-refractivity contribution in [2.45, 2.75) is 18.9 Å². The highest BCUT2D eigenvalue weighted by Gasteiger charge is 2.42. The number of alkyl halides is 3. The fraction of sp³-hybridized carbons (Fsp3) is 0.300. The molecule has 3 rings (SSSR count). The molecule has 0 atom stereocenters. The molecular formula is C20H18Cl2F4N2O5S. The number of carbonyl (C=O) groups excluding carboxylic acids is 2. The first-order valence-electron chi connectivity index (χ1n) is 9.46. The van der Waals surface area contributed by atoms with Crippen molar-refractivity contribution in [2.24, 2.45) is 0 Å². The Morgan fingerprint density at radius 3 is 2.38 bits per heavy atom. The van der Waals surface area contributed by atoms with Crippen molar-refractivity contribution in [3.8, 4) is 11.5 Å². The lowest BCUT2D eigenvalue weighted by atomic mass is 9.95. The molecule has 0 aliphatic carbocycles. The van der Waals surface area contributed by atoms with Gasteiger partial charge in [0.05, 0.1) is 28.7 Å². The van der Waals surface area contributed by atoms with E-state index in [1.807, 2.05) is 0 Å². The van der Waals surface area contributed by atoms with Gasteiger partial charge in [0.1, 0.15) is 22.9 Å². The number of hydrogen-bond acceptors (Lipinski definition) is 6. The van der Waals surface area contributed by atoms with Crippen LogP contribution in [0.15, 0.2) is 30.3 Å². The molecule has 1 heterocycles. The van der Waals surface area contributed by atoms with Crippen molar-refractivity contribution in [3.05, 3.63) is 51.8 Å². The van der Waals surface area contributed by atoms with Crippen molar-refractivity contribution in [1.29, 1.82) is 0 Å². The minimum absolute atomic E-state index is 0.109. The van der Waals surface area contributed by atoms with Crippen molar-refractivity contribution in [1.82, 2.24) is 4.72 Å². The molecule has 0 bridgehead atoms. The minimum atomic E-state index is -4.89. The maximum absolute atomic E-state index is 14.1. The van der Waals surface area contributed by atoms with E-state index in [0.29, 0.717) is 5.69 Å². The van der Waals surface area contributed by atoms with Gasteiger partial charge in [-0.2, -0.15) is 0 Å². The molecule has 2 aromatic carbocycles. The minimum Gasteiger partial charge on any atom is -0.483 e. The van der Waals surface area contributed by atoms with E-state index in [1.54, 1.807) is 11.8 Å². The highest BCUT2D eigenvalue weighted by atomic mass is 35.5. The van der Waals surface area contributed by atoms with E-state index in [-0.39, 0.29) is 40.1 Å². The van der Waals surface area contributed by atoms with Crippen LogP contribution < -0.4 is 19.1 Å². The second-order valence-electron chi connectivity index (χ2n) is 7.87. The normalized spacial score (nSPS) is 15.8. The van der Waals surface area contributed by atoms with Crippen LogP contribution in [-0.4, -0.2) is 47.0 Å². The number of carbonyl (C=O) groups is 2. The number of nitrogens with one attached hydrogen (secondary N) is 1. The van der Waals surface area contributed by atoms with Crippen LogP contribution in [0.5, 0.6) is 11.5 Å². The van der Waals surface area contributed by atoms with E-state index in [1.165, 1.54) is 12.1 Å². The van der Waals surface area contributed by atoms with Crippen molar-refractivity contribution in [2.75, 3.05) is 24.2 Å². The highest BCUT2D eigenvalue weighted by molar-refractivity contribution is 8.13. The topological polar surface area (TPSA) is 84.9 Å². The highest BCUT2D eigenvalue weighted by Crippen LogP contribution is 2.38. The van der Waals surface area contributed by atoms with Crippen LogP contribution in [0.1, 0.15) is 17.3 Å². The average Bonchev–Trinajstić information content (AvgIpc) is 2.69. The number of thiol groups is 1. The Balaban J connectivity index is 1.77. The molecule has 1 fully saturated rings. The third-order valence-electron chi connectivity index (χ3n) is 4.71. The predicted octanol–water partition coefficient (Wildman–Crippen LogP) is 4.17. The fourth-order valence-corrected chi connectivity index (χ4v) is 4.20. The van der Waals surface area contributed by atoms with Crippen LogP contribution >= 0.6 is 23.2 Å². The zero-order valence-electron chi connectivity index (χ0n) is 17.6. The smallest absolute Gasteiger partial charge is 0.483 e. The third kappa shape index (κ3) is 6.10. The molecule has 1 amide bonds. The third-order valence-corrected chi connectivity index (χ3v) is 6.34. The Bertz CT molecular complexity index is 1190. The first kappa shape index (κ1) is 26.0. The Morgan fingerprint density at radius 2 is 1.82 bits per heavy atom. The van der Waals surface area contributed by atoms with Gasteiger partial charge in [-0.1, -0.05) is 23.2 Å². The number of anilines is 1. The second kappa shape index (κ2) is 9.23. The van der Waals surface area contributed by atoms with Crippen LogP contribution in [0, 0.1) is 5.82 Å². The first-order chi connectivity index (χ1) is 15.6. The maximum Gasteiger partial charge on any atom is 0.573 e. The summed E-state index contributed by atoms with van der Waals surface area (Å²) in [5.74, 6) is -2.55. The van der Waals surface area contributed by atoms with Crippen molar-refractivity contribution in [3.63, 3.8) is 0 Å². The zero-order valence-corrected chi connectivity index (χ0v) is 20.0. The van der Waals surface area contributed by atoms with E-state index in [9.17, 15) is 31.4 Å². The van der Waals surface area contributed by atoms with Gasteiger partial charge in [0, 0.05) is 28.1 Å². The van der Waals surface area contributed by atoms with E-state index in [0.717, 1.165) is 24.5 Å². The zero-order chi connectivity index (χ0) is 25.5. The number of ether oxygens (including phenoxy) is 2. The van der Waals surface area contributed by atoms with Crippen LogP contribution in [0.2, 0.25) is 10.0 Å². The van der Waals surface area contributed by atoms with Gasteiger partial charge in [0.15, 0.2) is 5.62 Å². The molecule has 0 spiro atoms. The molecule has 14 heteroatoms. The monoisotopic (exact) mass is 544 g/mol. The number of amides is 1. The van der Waals surface area contributed by atoms with Gasteiger partial charge in [-0.05, 0) is 31.2 Å². The molecule has 1 N–H and O–H groups in total. The number of nitrogens with zero attached hydrogens (tertiary/aromatic N) is 1. The summed E-state index contributed by atoms with van der Waals surface area (Å²) in [5, 5.41) is -0.631. The summed E-state index contributed by atoms with van der Waals surface area (Å²) >= 11 is 11.7. The molecule has 34 heavy (non-hydrogen) atoms. The molecular weight excluding hydrogens is 527 g/mol. The Hall–Kier alpha value is -2.57. The quantitative estimate of drug-likeness (QED) is 0.309. The summed E-state index contributed by atoms with van der Waals surface area (Å²) < 4.78 is 75.1. The summed E-state index contributed by atoms with van der Waals surface area (Å²) in [6, 6.07) is 5.64. The summed E-state index contributed by atoms with van der Waals surface area (Å²) in [7, 11) is -3.63. The van der Waals surface area contributed by atoms with Gasteiger partial charge in [-0.15, -0.1) is 13.2 Å². The molecule has 0 aromatic heterocycles. The van der Waals surface area contributed by atoms with E-state index < -0.39 is 39.6 Å². The lowest BCUT2D eigenvalue weighted by Crippen LogP contribution is -2.63. The van der Waals surface area contributed by atoms with Crippen LogP contribution in [0.4, 0.5) is 23.2 Å². The largest absolute Gasteiger partial charge is 0.573 e. The summed E-state index contributed by atoms with van der Waals surface area (Å²) in [5.41, 5.74) is -0.577. The number of halogens is 6. The average molecular weight is 545 g/mol. The molecule has 0 saturated carbocycles. The SMILES string of the molecule is CC1(Oc2cc(F)c(Cl)cc2C(=O)N[SH](C)(=O)C=O)CN(c2ccc(OC(F)(F)F)c(Cl)c2)C1.